The lowest BCUT2D eigenvalue weighted by Gasteiger charge is -2.10. The van der Waals surface area contributed by atoms with Gasteiger partial charge >= 0.3 is 0 Å². The van der Waals surface area contributed by atoms with Gasteiger partial charge in [0.1, 0.15) is 0 Å². The molecule has 0 saturated heterocycles. The van der Waals surface area contributed by atoms with Crippen LogP contribution in [0.5, 0.6) is 0 Å². The maximum atomic E-state index is 11.2. The zero-order valence-corrected chi connectivity index (χ0v) is 7.39. The number of aromatic nitrogens is 2. The van der Waals surface area contributed by atoms with Crippen LogP contribution in [-0.4, -0.2) is 30.0 Å². The summed E-state index contributed by atoms with van der Waals surface area (Å²) in [6.45, 7) is 0. The van der Waals surface area contributed by atoms with E-state index in [1.54, 1.807) is 14.1 Å². The number of amides is 1. The standard InChI is InChI=1S/C7H10N4O2/c1-10(2)9-7(12)6-5-11(13)4-3-8-6/h3-5H,1-2H3,(H,9,12). The number of nitrogens with zero attached hydrogens (tertiary/aromatic N) is 3. The maximum absolute atomic E-state index is 11.2. The predicted molar refractivity (Wildman–Crippen MR) is 44.4 cm³/mol. The molecule has 1 amide bonds. The predicted octanol–water partition coefficient (Wildman–Crippen LogP) is -1.08. The number of carbonyl (C=O) groups is 1. The lowest BCUT2D eigenvalue weighted by atomic mass is 10.4. The van der Waals surface area contributed by atoms with Gasteiger partial charge in [-0.1, -0.05) is 0 Å². The van der Waals surface area contributed by atoms with Crippen molar-refractivity contribution in [3.8, 4) is 0 Å². The summed E-state index contributed by atoms with van der Waals surface area (Å²) in [5.74, 6) is -0.407. The van der Waals surface area contributed by atoms with E-state index >= 15 is 0 Å². The van der Waals surface area contributed by atoms with Crippen LogP contribution in [-0.2, 0) is 0 Å². The van der Waals surface area contributed by atoms with E-state index in [1.165, 1.54) is 17.4 Å². The minimum Gasteiger partial charge on any atom is -0.619 e. The van der Waals surface area contributed by atoms with Gasteiger partial charge in [-0.25, -0.2) is 9.99 Å². The number of hydrogen-bond acceptors (Lipinski definition) is 4. The van der Waals surface area contributed by atoms with Crippen molar-refractivity contribution in [3.63, 3.8) is 0 Å². The summed E-state index contributed by atoms with van der Waals surface area (Å²) >= 11 is 0. The van der Waals surface area contributed by atoms with Crippen LogP contribution in [0.4, 0.5) is 0 Å². The molecule has 0 bridgehead atoms. The van der Waals surface area contributed by atoms with Crippen molar-refractivity contribution < 1.29 is 9.52 Å². The lowest BCUT2D eigenvalue weighted by molar-refractivity contribution is -0.606. The average molecular weight is 182 g/mol. The van der Waals surface area contributed by atoms with Gasteiger partial charge in [0.2, 0.25) is 6.20 Å². The lowest BCUT2D eigenvalue weighted by Crippen LogP contribution is -2.38. The van der Waals surface area contributed by atoms with Crippen molar-refractivity contribution in [2.75, 3.05) is 14.1 Å². The second-order valence-corrected chi connectivity index (χ2v) is 2.64. The van der Waals surface area contributed by atoms with Gasteiger partial charge in [-0.05, 0) is 0 Å². The second-order valence-electron chi connectivity index (χ2n) is 2.64. The smallest absolute Gasteiger partial charge is 0.290 e. The van der Waals surface area contributed by atoms with Gasteiger partial charge in [-0.15, -0.1) is 0 Å². The quantitative estimate of drug-likeness (QED) is 0.359. The van der Waals surface area contributed by atoms with Crippen LogP contribution in [0.1, 0.15) is 10.5 Å². The van der Waals surface area contributed by atoms with E-state index in [0.717, 1.165) is 6.20 Å². The molecular formula is C7H10N4O2. The van der Waals surface area contributed by atoms with Crippen LogP contribution in [0, 0.1) is 5.21 Å². The van der Waals surface area contributed by atoms with Gasteiger partial charge in [0.05, 0.1) is 6.20 Å². The molecule has 0 aliphatic heterocycles. The summed E-state index contributed by atoms with van der Waals surface area (Å²) in [5, 5.41) is 12.2. The average Bonchev–Trinajstić information content (AvgIpc) is 2.03. The zero-order chi connectivity index (χ0) is 9.84. The Kier molecular flexibility index (Phi) is 2.76. The molecule has 1 N–H and O–H groups in total. The Morgan fingerprint density at radius 3 is 2.92 bits per heavy atom. The van der Waals surface area contributed by atoms with Crippen LogP contribution >= 0.6 is 0 Å². The van der Waals surface area contributed by atoms with Crippen molar-refractivity contribution in [2.24, 2.45) is 0 Å². The first-order chi connectivity index (χ1) is 6.09. The van der Waals surface area contributed by atoms with E-state index in [1.807, 2.05) is 0 Å². The Hall–Kier alpha value is -1.69. The molecule has 6 heteroatoms. The van der Waals surface area contributed by atoms with E-state index in [4.69, 9.17) is 0 Å². The molecule has 6 nitrogen and oxygen atoms in total. The first-order valence-electron chi connectivity index (χ1n) is 3.62. The minimum absolute atomic E-state index is 0.0891. The third-order valence-corrected chi connectivity index (χ3v) is 1.23. The van der Waals surface area contributed by atoms with Gasteiger partial charge in [-0.3, -0.25) is 10.2 Å². The second kappa shape index (κ2) is 3.81. The number of nitrogens with one attached hydrogen (secondary N) is 1. The Bertz CT molecular complexity index is 313. The fraction of sp³-hybridized carbons (Fsp3) is 0.286. The van der Waals surface area contributed by atoms with Crippen molar-refractivity contribution in [1.82, 2.24) is 15.4 Å². The Morgan fingerprint density at radius 1 is 1.69 bits per heavy atom. The zero-order valence-electron chi connectivity index (χ0n) is 7.39. The Morgan fingerprint density at radius 2 is 2.38 bits per heavy atom. The highest BCUT2D eigenvalue weighted by Crippen LogP contribution is 1.87. The maximum Gasteiger partial charge on any atom is 0.290 e. The Balaban J connectivity index is 2.77. The summed E-state index contributed by atoms with van der Waals surface area (Å²) < 4.78 is 0.525. The monoisotopic (exact) mass is 182 g/mol. The number of hydrazine groups is 1. The summed E-state index contributed by atoms with van der Waals surface area (Å²) in [4.78, 5) is 15.0. The number of rotatable bonds is 2. The molecule has 0 saturated carbocycles. The molecule has 0 aromatic carbocycles. The molecule has 0 spiro atoms. The van der Waals surface area contributed by atoms with Crippen molar-refractivity contribution in [3.05, 3.63) is 29.5 Å². The SMILES string of the molecule is CN(C)NC(=O)c1c[n+]([O-])ccn1. The highest BCUT2D eigenvalue weighted by Gasteiger charge is 2.10. The van der Waals surface area contributed by atoms with Crippen LogP contribution < -0.4 is 10.2 Å². The molecule has 0 aliphatic rings. The van der Waals surface area contributed by atoms with Crippen molar-refractivity contribution in [1.29, 1.82) is 0 Å². The minimum atomic E-state index is -0.407. The van der Waals surface area contributed by atoms with Gasteiger partial charge in [-0.2, -0.15) is 4.73 Å². The van der Waals surface area contributed by atoms with E-state index in [9.17, 15) is 10.0 Å². The first-order valence-corrected chi connectivity index (χ1v) is 3.62. The number of carbonyl (C=O) groups excluding carboxylic acids is 1. The van der Waals surface area contributed by atoms with Gasteiger partial charge < -0.3 is 5.21 Å². The number of hydrogen-bond donors (Lipinski definition) is 1. The van der Waals surface area contributed by atoms with Crippen LogP contribution in [0.15, 0.2) is 18.6 Å². The van der Waals surface area contributed by atoms with Crippen LogP contribution in [0.3, 0.4) is 0 Å². The van der Waals surface area contributed by atoms with Crippen molar-refractivity contribution in [2.45, 2.75) is 0 Å². The molecule has 0 aliphatic carbocycles. The molecule has 13 heavy (non-hydrogen) atoms. The van der Waals surface area contributed by atoms with E-state index in [2.05, 4.69) is 10.4 Å². The largest absolute Gasteiger partial charge is 0.619 e. The molecular weight excluding hydrogens is 172 g/mol. The molecule has 1 aromatic rings. The molecule has 0 fully saturated rings. The fourth-order valence-corrected chi connectivity index (χ4v) is 0.754. The molecule has 1 aromatic heterocycles. The van der Waals surface area contributed by atoms with Crippen molar-refractivity contribution >= 4 is 5.91 Å². The van der Waals surface area contributed by atoms with E-state index in [0.29, 0.717) is 4.73 Å². The van der Waals surface area contributed by atoms with Gasteiger partial charge in [0.15, 0.2) is 11.9 Å². The Labute approximate surface area is 75.4 Å². The molecule has 0 unspecified atom stereocenters. The van der Waals surface area contributed by atoms with Crippen LogP contribution in [0.2, 0.25) is 0 Å². The third-order valence-electron chi connectivity index (χ3n) is 1.23. The fourth-order valence-electron chi connectivity index (χ4n) is 0.754. The molecule has 0 atom stereocenters. The first kappa shape index (κ1) is 9.40. The van der Waals surface area contributed by atoms with E-state index in [-0.39, 0.29) is 5.69 Å². The topological polar surface area (TPSA) is 72.2 Å². The highest BCUT2D eigenvalue weighted by molar-refractivity contribution is 5.91. The summed E-state index contributed by atoms with van der Waals surface area (Å²) in [6, 6.07) is 0. The van der Waals surface area contributed by atoms with E-state index < -0.39 is 5.91 Å². The van der Waals surface area contributed by atoms with Gasteiger partial charge in [0, 0.05) is 14.1 Å². The third kappa shape index (κ3) is 2.68. The van der Waals surface area contributed by atoms with Crippen LogP contribution in [0.25, 0.3) is 0 Å². The summed E-state index contributed by atoms with van der Waals surface area (Å²) in [6.07, 6.45) is 3.60. The molecule has 70 valence electrons. The summed E-state index contributed by atoms with van der Waals surface area (Å²) in [5.41, 5.74) is 2.56. The summed E-state index contributed by atoms with van der Waals surface area (Å²) in [7, 11) is 3.35. The van der Waals surface area contributed by atoms with Gasteiger partial charge in [0.25, 0.3) is 5.91 Å². The molecule has 1 rings (SSSR count). The molecule has 1 heterocycles. The highest BCUT2D eigenvalue weighted by atomic mass is 16.5. The molecule has 0 radical (unpaired) electrons. The normalized spacial score (nSPS) is 10.1.